The summed E-state index contributed by atoms with van der Waals surface area (Å²) in [7, 11) is 0. The fourth-order valence-electron chi connectivity index (χ4n) is 1.48. The number of para-hydroxylation sites is 1. The highest BCUT2D eigenvalue weighted by molar-refractivity contribution is 5.35. The second kappa shape index (κ2) is 6.72. The molecule has 0 saturated carbocycles. The molecule has 0 spiro atoms. The van der Waals surface area contributed by atoms with Gasteiger partial charge in [0, 0.05) is 6.04 Å². The standard InChI is InChI=1S/C12H15F4NO2/c1-8(17)5-9-3-2-4-10(13)11(9)19-7-18-6-12(14,15)16/h2-4,8H,5-7,17H2,1H3. The molecule has 0 fully saturated rings. The Balaban J connectivity index is 2.61. The van der Waals surface area contributed by atoms with Crippen LogP contribution in [0.4, 0.5) is 17.6 Å². The number of benzene rings is 1. The molecule has 1 atom stereocenters. The van der Waals surface area contributed by atoms with Crippen molar-refractivity contribution in [3.05, 3.63) is 29.6 Å². The van der Waals surface area contributed by atoms with Crippen molar-refractivity contribution in [2.75, 3.05) is 13.4 Å². The number of rotatable bonds is 6. The second-order valence-electron chi connectivity index (χ2n) is 4.14. The summed E-state index contributed by atoms with van der Waals surface area (Å²) in [4.78, 5) is 0. The first kappa shape index (κ1) is 15.7. The Hall–Kier alpha value is -1.34. The van der Waals surface area contributed by atoms with Gasteiger partial charge in [-0.2, -0.15) is 13.2 Å². The Morgan fingerprint density at radius 1 is 1.32 bits per heavy atom. The predicted octanol–water partition coefficient (Wildman–Crippen LogP) is 2.63. The highest BCUT2D eigenvalue weighted by atomic mass is 19.4. The van der Waals surface area contributed by atoms with Gasteiger partial charge in [-0.3, -0.25) is 0 Å². The Kier molecular flexibility index (Phi) is 5.56. The molecule has 19 heavy (non-hydrogen) atoms. The van der Waals surface area contributed by atoms with Crippen molar-refractivity contribution < 1.29 is 27.0 Å². The zero-order valence-electron chi connectivity index (χ0n) is 10.3. The molecule has 7 heteroatoms. The lowest BCUT2D eigenvalue weighted by molar-refractivity contribution is -0.187. The Bertz CT molecular complexity index is 407. The van der Waals surface area contributed by atoms with Gasteiger partial charge in [-0.25, -0.2) is 4.39 Å². The maximum absolute atomic E-state index is 13.5. The van der Waals surface area contributed by atoms with E-state index in [2.05, 4.69) is 4.74 Å². The van der Waals surface area contributed by atoms with Crippen molar-refractivity contribution in [1.82, 2.24) is 0 Å². The maximum Gasteiger partial charge on any atom is 0.411 e. The van der Waals surface area contributed by atoms with Crippen LogP contribution in [0.25, 0.3) is 0 Å². The summed E-state index contributed by atoms with van der Waals surface area (Å²) in [6.45, 7) is -0.384. The number of ether oxygens (including phenoxy) is 2. The second-order valence-corrected chi connectivity index (χ2v) is 4.14. The first-order valence-electron chi connectivity index (χ1n) is 5.60. The van der Waals surface area contributed by atoms with Crippen molar-refractivity contribution in [3.63, 3.8) is 0 Å². The van der Waals surface area contributed by atoms with E-state index in [0.29, 0.717) is 12.0 Å². The summed E-state index contributed by atoms with van der Waals surface area (Å²) in [5, 5.41) is 0. The third-order valence-corrected chi connectivity index (χ3v) is 2.14. The normalized spacial score (nSPS) is 13.4. The first-order valence-corrected chi connectivity index (χ1v) is 5.60. The lowest BCUT2D eigenvalue weighted by Crippen LogP contribution is -2.21. The van der Waals surface area contributed by atoms with Crippen LogP contribution in [0.5, 0.6) is 5.75 Å². The van der Waals surface area contributed by atoms with Crippen LogP contribution in [0.2, 0.25) is 0 Å². The minimum Gasteiger partial charge on any atom is -0.464 e. The van der Waals surface area contributed by atoms with E-state index in [1.807, 2.05) is 0 Å². The average molecular weight is 281 g/mol. The molecule has 0 aromatic heterocycles. The fraction of sp³-hybridized carbons (Fsp3) is 0.500. The average Bonchev–Trinajstić information content (AvgIpc) is 2.25. The molecule has 1 aromatic carbocycles. The minimum absolute atomic E-state index is 0.123. The highest BCUT2D eigenvalue weighted by Crippen LogP contribution is 2.24. The van der Waals surface area contributed by atoms with E-state index in [-0.39, 0.29) is 11.8 Å². The van der Waals surface area contributed by atoms with Crippen molar-refractivity contribution in [2.24, 2.45) is 5.73 Å². The minimum atomic E-state index is -4.44. The summed E-state index contributed by atoms with van der Waals surface area (Å²) >= 11 is 0. The highest BCUT2D eigenvalue weighted by Gasteiger charge is 2.27. The van der Waals surface area contributed by atoms with Crippen LogP contribution in [0.15, 0.2) is 18.2 Å². The fourth-order valence-corrected chi connectivity index (χ4v) is 1.48. The van der Waals surface area contributed by atoms with Crippen LogP contribution in [0.1, 0.15) is 12.5 Å². The molecule has 0 heterocycles. The van der Waals surface area contributed by atoms with E-state index in [1.54, 1.807) is 13.0 Å². The molecule has 1 unspecified atom stereocenters. The molecular formula is C12H15F4NO2. The van der Waals surface area contributed by atoms with Crippen LogP contribution in [-0.4, -0.2) is 25.6 Å². The maximum atomic E-state index is 13.5. The van der Waals surface area contributed by atoms with Gasteiger partial charge in [-0.15, -0.1) is 0 Å². The van der Waals surface area contributed by atoms with Crippen LogP contribution in [0, 0.1) is 5.82 Å². The van der Waals surface area contributed by atoms with Crippen molar-refractivity contribution in [1.29, 1.82) is 0 Å². The van der Waals surface area contributed by atoms with E-state index in [4.69, 9.17) is 10.5 Å². The molecule has 108 valence electrons. The largest absolute Gasteiger partial charge is 0.464 e. The number of nitrogens with two attached hydrogens (primary N) is 1. The molecule has 3 nitrogen and oxygen atoms in total. The van der Waals surface area contributed by atoms with E-state index in [0.717, 1.165) is 6.07 Å². The van der Waals surface area contributed by atoms with Crippen LogP contribution < -0.4 is 10.5 Å². The summed E-state index contributed by atoms with van der Waals surface area (Å²) in [6, 6.07) is 4.02. The summed E-state index contributed by atoms with van der Waals surface area (Å²) in [5.41, 5.74) is 6.09. The van der Waals surface area contributed by atoms with E-state index in [1.165, 1.54) is 6.07 Å². The molecule has 0 aliphatic rings. The number of hydrogen-bond acceptors (Lipinski definition) is 3. The van der Waals surface area contributed by atoms with Gasteiger partial charge >= 0.3 is 6.18 Å². The summed E-state index contributed by atoms with van der Waals surface area (Å²) < 4.78 is 58.2. The molecule has 0 saturated heterocycles. The Morgan fingerprint density at radius 3 is 2.58 bits per heavy atom. The zero-order valence-corrected chi connectivity index (χ0v) is 10.3. The predicted molar refractivity (Wildman–Crippen MR) is 61.3 cm³/mol. The summed E-state index contributed by atoms with van der Waals surface area (Å²) in [6.07, 6.45) is -4.08. The molecule has 0 amide bonds. The molecule has 0 bridgehead atoms. The van der Waals surface area contributed by atoms with Crippen molar-refractivity contribution in [3.8, 4) is 5.75 Å². The lowest BCUT2D eigenvalue weighted by Gasteiger charge is -2.14. The Morgan fingerprint density at radius 2 is 2.00 bits per heavy atom. The molecule has 0 aliphatic heterocycles. The van der Waals surface area contributed by atoms with Gasteiger partial charge < -0.3 is 15.2 Å². The van der Waals surface area contributed by atoms with Gasteiger partial charge in [0.15, 0.2) is 18.4 Å². The van der Waals surface area contributed by atoms with E-state index >= 15 is 0 Å². The van der Waals surface area contributed by atoms with Gasteiger partial charge in [0.2, 0.25) is 0 Å². The molecule has 1 aromatic rings. The smallest absolute Gasteiger partial charge is 0.411 e. The molecule has 0 radical (unpaired) electrons. The quantitative estimate of drug-likeness (QED) is 0.495. The molecule has 2 N–H and O–H groups in total. The van der Waals surface area contributed by atoms with Crippen molar-refractivity contribution >= 4 is 0 Å². The number of hydrogen-bond donors (Lipinski definition) is 1. The number of alkyl halides is 3. The van der Waals surface area contributed by atoms with Crippen LogP contribution in [0.3, 0.4) is 0 Å². The molecular weight excluding hydrogens is 266 g/mol. The van der Waals surface area contributed by atoms with Gasteiger partial charge in [0.1, 0.15) is 6.61 Å². The van der Waals surface area contributed by atoms with Crippen LogP contribution >= 0.6 is 0 Å². The van der Waals surface area contributed by atoms with Gasteiger partial charge in [0.05, 0.1) is 0 Å². The lowest BCUT2D eigenvalue weighted by atomic mass is 10.1. The zero-order chi connectivity index (χ0) is 14.5. The van der Waals surface area contributed by atoms with Gasteiger partial charge in [-0.05, 0) is 25.0 Å². The van der Waals surface area contributed by atoms with Gasteiger partial charge in [-0.1, -0.05) is 12.1 Å². The van der Waals surface area contributed by atoms with E-state index in [9.17, 15) is 17.6 Å². The first-order chi connectivity index (χ1) is 8.79. The van der Waals surface area contributed by atoms with E-state index < -0.39 is 25.4 Å². The van der Waals surface area contributed by atoms with Crippen molar-refractivity contribution in [2.45, 2.75) is 25.6 Å². The third-order valence-electron chi connectivity index (χ3n) is 2.14. The molecule has 0 aliphatic carbocycles. The SMILES string of the molecule is CC(N)Cc1cccc(F)c1OCOCC(F)(F)F. The van der Waals surface area contributed by atoms with Gasteiger partial charge in [0.25, 0.3) is 0 Å². The topological polar surface area (TPSA) is 44.5 Å². The Labute approximate surface area is 108 Å². The summed E-state index contributed by atoms with van der Waals surface area (Å²) in [5.74, 6) is -0.782. The number of halogens is 4. The van der Waals surface area contributed by atoms with Crippen LogP contribution in [-0.2, 0) is 11.2 Å². The monoisotopic (exact) mass is 281 g/mol. The molecule has 1 rings (SSSR count). The third kappa shape index (κ3) is 5.89.